The molecule has 1 aliphatic rings. The number of hydrogen-bond acceptors (Lipinski definition) is 3. The quantitative estimate of drug-likeness (QED) is 0.818. The summed E-state index contributed by atoms with van der Waals surface area (Å²) in [6.07, 6.45) is 3.81. The van der Waals surface area contributed by atoms with Crippen molar-refractivity contribution in [1.82, 2.24) is 14.7 Å². The van der Waals surface area contributed by atoms with E-state index in [2.05, 4.69) is 12.0 Å². The third kappa shape index (κ3) is 2.34. The molecule has 1 fully saturated rings. The van der Waals surface area contributed by atoms with Gasteiger partial charge in [-0.3, -0.25) is 9.48 Å². The lowest BCUT2D eigenvalue weighted by Gasteiger charge is -2.37. The number of carbonyl (C=O) groups is 1. The highest BCUT2D eigenvalue weighted by molar-refractivity contribution is 5.92. The molecule has 1 aromatic rings. The Labute approximate surface area is 102 Å². The van der Waals surface area contributed by atoms with Gasteiger partial charge in [-0.05, 0) is 38.3 Å². The van der Waals surface area contributed by atoms with Crippen LogP contribution < -0.4 is 5.73 Å². The Kier molecular flexibility index (Phi) is 3.47. The molecule has 2 heterocycles. The Hall–Kier alpha value is -1.36. The van der Waals surface area contributed by atoms with Crippen LogP contribution in [0.4, 0.5) is 0 Å². The van der Waals surface area contributed by atoms with Gasteiger partial charge in [-0.2, -0.15) is 5.10 Å². The molecular weight excluding hydrogens is 216 g/mol. The van der Waals surface area contributed by atoms with Gasteiger partial charge in [0.25, 0.3) is 5.91 Å². The highest BCUT2D eigenvalue weighted by Gasteiger charge is 2.29. The summed E-state index contributed by atoms with van der Waals surface area (Å²) in [6, 6.07) is 2.06. The number of nitrogens with zero attached hydrogens (tertiary/aromatic N) is 3. The van der Waals surface area contributed by atoms with E-state index in [1.807, 2.05) is 4.90 Å². The predicted molar refractivity (Wildman–Crippen MR) is 65.5 cm³/mol. The summed E-state index contributed by atoms with van der Waals surface area (Å²) >= 11 is 0. The summed E-state index contributed by atoms with van der Waals surface area (Å²) < 4.78 is 1.63. The lowest BCUT2D eigenvalue weighted by Crippen LogP contribution is -2.47. The van der Waals surface area contributed by atoms with Crippen molar-refractivity contribution in [2.24, 2.45) is 18.7 Å². The lowest BCUT2D eigenvalue weighted by molar-refractivity contribution is 0.0555. The second-order valence-electron chi connectivity index (χ2n) is 4.83. The van der Waals surface area contributed by atoms with Crippen LogP contribution in [0.2, 0.25) is 0 Å². The Morgan fingerprint density at radius 3 is 2.94 bits per heavy atom. The van der Waals surface area contributed by atoms with Gasteiger partial charge in [0, 0.05) is 25.8 Å². The summed E-state index contributed by atoms with van der Waals surface area (Å²) in [4.78, 5) is 14.3. The zero-order chi connectivity index (χ0) is 12.4. The van der Waals surface area contributed by atoms with Gasteiger partial charge in [-0.25, -0.2) is 0 Å². The van der Waals surface area contributed by atoms with Crippen LogP contribution >= 0.6 is 0 Å². The third-order valence-electron chi connectivity index (χ3n) is 3.61. The van der Waals surface area contributed by atoms with Gasteiger partial charge < -0.3 is 10.6 Å². The first-order valence-electron chi connectivity index (χ1n) is 6.12. The molecular formula is C12H20N4O. The maximum Gasteiger partial charge on any atom is 0.272 e. The molecule has 0 spiro atoms. The van der Waals surface area contributed by atoms with Crippen LogP contribution in [0.1, 0.15) is 30.3 Å². The molecule has 17 heavy (non-hydrogen) atoms. The fourth-order valence-corrected chi connectivity index (χ4v) is 2.39. The number of piperidine rings is 1. The number of likely N-dealkylation sites (tertiary alicyclic amines) is 1. The molecule has 2 N–H and O–H groups in total. The van der Waals surface area contributed by atoms with Gasteiger partial charge in [0.15, 0.2) is 0 Å². The number of aromatic nitrogens is 2. The second-order valence-corrected chi connectivity index (χ2v) is 4.83. The van der Waals surface area contributed by atoms with Gasteiger partial charge in [0.05, 0.1) is 0 Å². The first-order valence-corrected chi connectivity index (χ1v) is 6.12. The van der Waals surface area contributed by atoms with Crippen molar-refractivity contribution < 1.29 is 4.79 Å². The molecule has 2 atom stereocenters. The molecule has 5 nitrogen and oxygen atoms in total. The zero-order valence-electron chi connectivity index (χ0n) is 10.5. The summed E-state index contributed by atoms with van der Waals surface area (Å²) in [5.74, 6) is 0.499. The topological polar surface area (TPSA) is 64.2 Å². The van der Waals surface area contributed by atoms with Crippen molar-refractivity contribution in [3.63, 3.8) is 0 Å². The standard InChI is InChI=1S/C12H20N4O/c1-9-3-4-10(7-13)8-16(9)12(17)11-5-6-14-15(11)2/h5-6,9-10H,3-4,7-8,13H2,1-2H3. The van der Waals surface area contributed by atoms with Crippen LogP contribution in [0, 0.1) is 5.92 Å². The Morgan fingerprint density at radius 2 is 2.35 bits per heavy atom. The molecule has 2 rings (SSSR count). The molecule has 0 aliphatic carbocycles. The largest absolute Gasteiger partial charge is 0.334 e. The second kappa shape index (κ2) is 4.87. The summed E-state index contributed by atoms with van der Waals surface area (Å²) in [6.45, 7) is 3.52. The molecule has 1 aromatic heterocycles. The minimum absolute atomic E-state index is 0.0654. The van der Waals surface area contributed by atoms with E-state index in [0.29, 0.717) is 24.2 Å². The fourth-order valence-electron chi connectivity index (χ4n) is 2.39. The van der Waals surface area contributed by atoms with Gasteiger partial charge in [-0.15, -0.1) is 0 Å². The van der Waals surface area contributed by atoms with Crippen molar-refractivity contribution in [2.45, 2.75) is 25.8 Å². The van der Waals surface area contributed by atoms with E-state index in [0.717, 1.165) is 19.4 Å². The van der Waals surface area contributed by atoms with Crippen molar-refractivity contribution in [3.8, 4) is 0 Å². The number of nitrogens with two attached hydrogens (primary N) is 1. The zero-order valence-corrected chi connectivity index (χ0v) is 10.5. The van der Waals surface area contributed by atoms with Crippen LogP contribution in [-0.4, -0.2) is 39.7 Å². The van der Waals surface area contributed by atoms with Gasteiger partial charge in [-0.1, -0.05) is 0 Å². The first-order chi connectivity index (χ1) is 8.13. The average Bonchev–Trinajstić information content (AvgIpc) is 2.75. The number of carbonyl (C=O) groups excluding carboxylic acids is 1. The maximum absolute atomic E-state index is 12.4. The number of aryl methyl sites for hydroxylation is 1. The van der Waals surface area contributed by atoms with Crippen LogP contribution in [0.25, 0.3) is 0 Å². The first kappa shape index (κ1) is 12.1. The molecule has 0 saturated carbocycles. The third-order valence-corrected chi connectivity index (χ3v) is 3.61. The van der Waals surface area contributed by atoms with Gasteiger partial charge in [0.1, 0.15) is 5.69 Å². The normalized spacial score (nSPS) is 25.0. The van der Waals surface area contributed by atoms with Crippen molar-refractivity contribution in [1.29, 1.82) is 0 Å². The predicted octanol–water partition coefficient (Wildman–Crippen LogP) is 0.619. The Morgan fingerprint density at radius 1 is 1.59 bits per heavy atom. The minimum atomic E-state index is 0.0654. The molecule has 5 heteroatoms. The lowest BCUT2D eigenvalue weighted by atomic mass is 9.93. The summed E-state index contributed by atoms with van der Waals surface area (Å²) in [5.41, 5.74) is 6.35. The van der Waals surface area contributed by atoms with Crippen LogP contribution in [0.3, 0.4) is 0 Å². The molecule has 2 unspecified atom stereocenters. The van der Waals surface area contributed by atoms with E-state index in [-0.39, 0.29) is 5.91 Å². The van der Waals surface area contributed by atoms with E-state index >= 15 is 0 Å². The molecule has 0 bridgehead atoms. The van der Waals surface area contributed by atoms with E-state index < -0.39 is 0 Å². The smallest absolute Gasteiger partial charge is 0.272 e. The molecule has 1 saturated heterocycles. The van der Waals surface area contributed by atoms with E-state index in [1.54, 1.807) is 24.0 Å². The summed E-state index contributed by atoms with van der Waals surface area (Å²) in [7, 11) is 1.79. The van der Waals surface area contributed by atoms with Crippen LogP contribution in [0.5, 0.6) is 0 Å². The van der Waals surface area contributed by atoms with Crippen LogP contribution in [-0.2, 0) is 7.05 Å². The monoisotopic (exact) mass is 236 g/mol. The molecule has 0 aromatic carbocycles. The minimum Gasteiger partial charge on any atom is -0.334 e. The van der Waals surface area contributed by atoms with Crippen LogP contribution in [0.15, 0.2) is 12.3 Å². The van der Waals surface area contributed by atoms with E-state index in [4.69, 9.17) is 5.73 Å². The van der Waals surface area contributed by atoms with E-state index in [1.165, 1.54) is 0 Å². The van der Waals surface area contributed by atoms with Crippen molar-refractivity contribution >= 4 is 5.91 Å². The SMILES string of the molecule is CC1CCC(CN)CN1C(=O)c1ccnn1C. The Balaban J connectivity index is 2.15. The Bertz CT molecular complexity index is 401. The van der Waals surface area contributed by atoms with E-state index in [9.17, 15) is 4.79 Å². The van der Waals surface area contributed by atoms with Crippen molar-refractivity contribution in [2.75, 3.05) is 13.1 Å². The molecule has 1 aliphatic heterocycles. The van der Waals surface area contributed by atoms with Gasteiger partial charge in [0.2, 0.25) is 0 Å². The summed E-state index contributed by atoms with van der Waals surface area (Å²) in [5, 5.41) is 4.04. The number of amides is 1. The fraction of sp³-hybridized carbons (Fsp3) is 0.667. The van der Waals surface area contributed by atoms with Gasteiger partial charge >= 0.3 is 0 Å². The molecule has 0 radical (unpaired) electrons. The number of rotatable bonds is 2. The van der Waals surface area contributed by atoms with Crippen molar-refractivity contribution in [3.05, 3.63) is 18.0 Å². The molecule has 94 valence electrons. The maximum atomic E-state index is 12.4. The highest BCUT2D eigenvalue weighted by atomic mass is 16.2. The number of hydrogen-bond donors (Lipinski definition) is 1. The highest BCUT2D eigenvalue weighted by Crippen LogP contribution is 2.22. The molecule has 1 amide bonds. The average molecular weight is 236 g/mol.